The van der Waals surface area contributed by atoms with E-state index >= 15 is 0 Å². The SMILES string of the molecule is C=CCc1cccc(/C=N\n2c(-c3ccc(Cl)cc3Cl)n[nH]c2=S)c1O. The molecular weight excluding hydrogens is 391 g/mol. The van der Waals surface area contributed by atoms with E-state index in [1.165, 1.54) is 10.9 Å². The predicted octanol–water partition coefficient (Wildman–Crippen LogP) is 5.23. The van der Waals surface area contributed by atoms with Crippen LogP contribution in [0.25, 0.3) is 11.4 Å². The number of hydrogen-bond acceptors (Lipinski definition) is 4. The fourth-order valence-corrected chi connectivity index (χ4v) is 3.07. The lowest BCUT2D eigenvalue weighted by molar-refractivity contribution is 0.469. The van der Waals surface area contributed by atoms with Crippen LogP contribution in [0.4, 0.5) is 0 Å². The summed E-state index contributed by atoms with van der Waals surface area (Å²) in [4.78, 5) is 0. The molecule has 0 fully saturated rings. The van der Waals surface area contributed by atoms with E-state index in [0.29, 0.717) is 38.2 Å². The first-order valence-electron chi connectivity index (χ1n) is 7.60. The second kappa shape index (κ2) is 7.86. The number of para-hydroxylation sites is 1. The van der Waals surface area contributed by atoms with Gasteiger partial charge in [0.1, 0.15) is 5.75 Å². The summed E-state index contributed by atoms with van der Waals surface area (Å²) in [6.45, 7) is 3.69. The van der Waals surface area contributed by atoms with Gasteiger partial charge in [-0.25, -0.2) is 5.10 Å². The van der Waals surface area contributed by atoms with Crippen molar-refractivity contribution < 1.29 is 5.11 Å². The highest BCUT2D eigenvalue weighted by Gasteiger charge is 2.12. The zero-order valence-corrected chi connectivity index (χ0v) is 15.8. The van der Waals surface area contributed by atoms with Gasteiger partial charge in [0.2, 0.25) is 4.77 Å². The quantitative estimate of drug-likeness (QED) is 0.347. The molecule has 1 heterocycles. The maximum atomic E-state index is 10.3. The van der Waals surface area contributed by atoms with E-state index in [0.717, 1.165) is 5.56 Å². The van der Waals surface area contributed by atoms with Crippen molar-refractivity contribution in [3.63, 3.8) is 0 Å². The molecule has 5 nitrogen and oxygen atoms in total. The molecule has 2 aromatic carbocycles. The summed E-state index contributed by atoms with van der Waals surface area (Å²) < 4.78 is 1.73. The Labute approximate surface area is 165 Å². The second-order valence-corrected chi connectivity index (χ2v) is 6.61. The predicted molar refractivity (Wildman–Crippen MR) is 108 cm³/mol. The Kier molecular flexibility index (Phi) is 5.56. The van der Waals surface area contributed by atoms with Crippen molar-refractivity contribution in [2.45, 2.75) is 6.42 Å². The number of hydrogen-bond donors (Lipinski definition) is 2. The highest BCUT2D eigenvalue weighted by Crippen LogP contribution is 2.29. The molecule has 0 spiro atoms. The van der Waals surface area contributed by atoms with Crippen LogP contribution in [0, 0.1) is 4.77 Å². The van der Waals surface area contributed by atoms with Gasteiger partial charge in [-0.2, -0.15) is 14.9 Å². The molecule has 0 atom stereocenters. The zero-order valence-electron chi connectivity index (χ0n) is 13.5. The number of rotatable bonds is 5. The minimum Gasteiger partial charge on any atom is -0.507 e. The van der Waals surface area contributed by atoms with Gasteiger partial charge < -0.3 is 5.11 Å². The molecule has 0 aliphatic heterocycles. The summed E-state index contributed by atoms with van der Waals surface area (Å²) in [7, 11) is 0. The number of H-pyrrole nitrogens is 1. The monoisotopic (exact) mass is 404 g/mol. The van der Waals surface area contributed by atoms with Gasteiger partial charge in [0.25, 0.3) is 0 Å². The molecule has 1 aromatic heterocycles. The number of benzene rings is 2. The van der Waals surface area contributed by atoms with Gasteiger partial charge in [0.15, 0.2) is 5.82 Å². The molecule has 0 aliphatic rings. The van der Waals surface area contributed by atoms with Crippen LogP contribution in [-0.4, -0.2) is 26.2 Å². The fraction of sp³-hybridized carbons (Fsp3) is 0.0556. The van der Waals surface area contributed by atoms with Crippen LogP contribution >= 0.6 is 35.4 Å². The summed E-state index contributed by atoms with van der Waals surface area (Å²) in [5, 5.41) is 22.5. The first kappa shape index (κ1) is 18.4. The van der Waals surface area contributed by atoms with Gasteiger partial charge >= 0.3 is 0 Å². The van der Waals surface area contributed by atoms with Crippen LogP contribution in [0.1, 0.15) is 11.1 Å². The van der Waals surface area contributed by atoms with Crippen LogP contribution in [0.5, 0.6) is 5.75 Å². The molecule has 132 valence electrons. The van der Waals surface area contributed by atoms with Gasteiger partial charge in [0.05, 0.1) is 11.2 Å². The van der Waals surface area contributed by atoms with Gasteiger partial charge in [-0.1, -0.05) is 41.4 Å². The Balaban J connectivity index is 2.03. The van der Waals surface area contributed by atoms with E-state index in [1.807, 2.05) is 12.1 Å². The lowest BCUT2D eigenvalue weighted by Gasteiger charge is -2.06. The van der Waals surface area contributed by atoms with E-state index in [1.54, 1.807) is 30.3 Å². The topological polar surface area (TPSA) is 66.2 Å². The molecule has 0 unspecified atom stereocenters. The summed E-state index contributed by atoms with van der Waals surface area (Å²) >= 11 is 17.4. The molecule has 8 heteroatoms. The number of aromatic amines is 1. The Bertz CT molecular complexity index is 1060. The molecule has 0 saturated heterocycles. The zero-order chi connectivity index (χ0) is 18.7. The van der Waals surface area contributed by atoms with Gasteiger partial charge in [0, 0.05) is 16.1 Å². The maximum Gasteiger partial charge on any atom is 0.216 e. The Morgan fingerprint density at radius 2 is 2.12 bits per heavy atom. The lowest BCUT2D eigenvalue weighted by atomic mass is 10.1. The number of phenolic OH excluding ortho intramolecular Hbond substituents is 1. The van der Waals surface area contributed by atoms with Crippen molar-refractivity contribution in [3.05, 3.63) is 75.0 Å². The third-order valence-electron chi connectivity index (χ3n) is 3.65. The molecule has 0 radical (unpaired) electrons. The average Bonchev–Trinajstić information content (AvgIpc) is 2.96. The van der Waals surface area contributed by atoms with E-state index in [4.69, 9.17) is 35.4 Å². The number of phenols is 1. The Hall–Kier alpha value is -2.41. The van der Waals surface area contributed by atoms with Crippen molar-refractivity contribution in [2.75, 3.05) is 0 Å². The second-order valence-electron chi connectivity index (χ2n) is 5.38. The number of halogens is 2. The van der Waals surface area contributed by atoms with Gasteiger partial charge in [-0.15, -0.1) is 6.58 Å². The third kappa shape index (κ3) is 3.72. The summed E-state index contributed by atoms with van der Waals surface area (Å²) in [6.07, 6.45) is 3.80. The molecule has 3 rings (SSSR count). The lowest BCUT2D eigenvalue weighted by Crippen LogP contribution is -1.96. The number of nitrogens with one attached hydrogen (secondary N) is 1. The number of nitrogens with zero attached hydrogens (tertiary/aromatic N) is 3. The van der Waals surface area contributed by atoms with Gasteiger partial charge in [-0.3, -0.25) is 0 Å². The van der Waals surface area contributed by atoms with Crippen LogP contribution in [0.15, 0.2) is 54.2 Å². The van der Waals surface area contributed by atoms with Gasteiger partial charge in [-0.05, 0) is 48.5 Å². The number of aromatic hydroxyl groups is 1. The van der Waals surface area contributed by atoms with Crippen LogP contribution in [-0.2, 0) is 6.42 Å². The summed E-state index contributed by atoms with van der Waals surface area (Å²) in [6, 6.07) is 10.5. The van der Waals surface area contributed by atoms with Crippen molar-refractivity contribution in [1.82, 2.24) is 14.9 Å². The molecular formula is C18H14Cl2N4OS. The van der Waals surface area contributed by atoms with Crippen molar-refractivity contribution >= 4 is 41.6 Å². The minimum absolute atomic E-state index is 0.150. The Morgan fingerprint density at radius 1 is 1.31 bits per heavy atom. The molecule has 26 heavy (non-hydrogen) atoms. The number of aromatic nitrogens is 3. The molecule has 0 saturated carbocycles. The largest absolute Gasteiger partial charge is 0.507 e. The molecule has 0 bridgehead atoms. The molecule has 0 aliphatic carbocycles. The summed E-state index contributed by atoms with van der Waals surface area (Å²) in [5.41, 5.74) is 1.95. The van der Waals surface area contributed by atoms with E-state index in [2.05, 4.69) is 21.9 Å². The highest BCUT2D eigenvalue weighted by atomic mass is 35.5. The van der Waals surface area contributed by atoms with Crippen molar-refractivity contribution in [3.8, 4) is 17.1 Å². The minimum atomic E-state index is 0.150. The first-order valence-corrected chi connectivity index (χ1v) is 8.76. The smallest absolute Gasteiger partial charge is 0.216 e. The Morgan fingerprint density at radius 3 is 2.85 bits per heavy atom. The van der Waals surface area contributed by atoms with Crippen LogP contribution < -0.4 is 0 Å². The molecule has 2 N–H and O–H groups in total. The normalized spacial score (nSPS) is 11.2. The van der Waals surface area contributed by atoms with E-state index in [-0.39, 0.29) is 5.75 Å². The van der Waals surface area contributed by atoms with Crippen LogP contribution in [0.3, 0.4) is 0 Å². The standard InChI is InChI=1S/C18H14Cl2N4OS/c1-2-4-11-5-3-6-12(16(11)25)10-21-24-17(22-23-18(24)26)14-8-7-13(19)9-15(14)20/h2-3,5-10,25H,1,4H2,(H,23,26)/b21-10-. The fourth-order valence-electron chi connectivity index (χ4n) is 2.40. The first-order chi connectivity index (χ1) is 12.5. The van der Waals surface area contributed by atoms with E-state index in [9.17, 15) is 5.11 Å². The highest BCUT2D eigenvalue weighted by molar-refractivity contribution is 7.71. The van der Waals surface area contributed by atoms with E-state index < -0.39 is 0 Å². The van der Waals surface area contributed by atoms with Crippen molar-refractivity contribution in [2.24, 2.45) is 5.10 Å². The van der Waals surface area contributed by atoms with Crippen LogP contribution in [0.2, 0.25) is 10.0 Å². The summed E-state index contributed by atoms with van der Waals surface area (Å²) in [5.74, 6) is 0.590. The number of allylic oxidation sites excluding steroid dienone is 1. The molecule has 3 aromatic rings. The average molecular weight is 405 g/mol. The maximum absolute atomic E-state index is 10.3. The van der Waals surface area contributed by atoms with Crippen molar-refractivity contribution in [1.29, 1.82) is 0 Å². The molecule has 0 amide bonds. The third-order valence-corrected chi connectivity index (χ3v) is 4.46.